The molecule has 0 aliphatic carbocycles. The topological polar surface area (TPSA) is 88.2 Å². The maximum Gasteiger partial charge on any atom is 0.227 e. The monoisotopic (exact) mass is 430 g/mol. The van der Waals surface area contributed by atoms with Crippen molar-refractivity contribution in [3.63, 3.8) is 0 Å². The third-order valence-corrected chi connectivity index (χ3v) is 4.74. The van der Waals surface area contributed by atoms with Crippen LogP contribution in [0.15, 0.2) is 66.4 Å². The lowest BCUT2D eigenvalue weighted by Crippen LogP contribution is -2.04. The molecule has 0 radical (unpaired) electrons. The first-order valence-corrected chi connectivity index (χ1v) is 10.3. The number of nitrogens with two attached hydrogens (primary N) is 1. The zero-order valence-corrected chi connectivity index (χ0v) is 18.3. The van der Waals surface area contributed by atoms with Crippen LogP contribution < -0.4 is 16.4 Å². The molecule has 6 nitrogen and oxygen atoms in total. The normalized spacial score (nSPS) is 11.2. The van der Waals surface area contributed by atoms with Gasteiger partial charge in [-0.3, -0.25) is 4.99 Å². The highest BCUT2D eigenvalue weighted by atomic mass is 19.1. The highest BCUT2D eigenvalue weighted by molar-refractivity contribution is 5.81. The van der Waals surface area contributed by atoms with Gasteiger partial charge < -0.3 is 16.4 Å². The van der Waals surface area contributed by atoms with E-state index in [0.29, 0.717) is 28.6 Å². The van der Waals surface area contributed by atoms with E-state index in [0.717, 1.165) is 35.4 Å². The maximum atomic E-state index is 13.7. The van der Waals surface area contributed by atoms with Crippen molar-refractivity contribution >= 4 is 41.0 Å². The van der Waals surface area contributed by atoms with Crippen molar-refractivity contribution < 1.29 is 4.39 Å². The fraction of sp³-hybridized carbons (Fsp3) is 0.160. The van der Waals surface area contributed by atoms with E-state index in [-0.39, 0.29) is 5.82 Å². The Morgan fingerprint density at radius 2 is 2.03 bits per heavy atom. The van der Waals surface area contributed by atoms with Crippen LogP contribution in [0.2, 0.25) is 0 Å². The molecule has 0 amide bonds. The molecule has 7 heteroatoms. The van der Waals surface area contributed by atoms with Gasteiger partial charge >= 0.3 is 0 Å². The number of halogens is 1. The van der Waals surface area contributed by atoms with Gasteiger partial charge in [0.25, 0.3) is 0 Å². The van der Waals surface area contributed by atoms with Crippen molar-refractivity contribution in [3.05, 3.63) is 84.1 Å². The second kappa shape index (κ2) is 10.3. The van der Waals surface area contributed by atoms with Crippen molar-refractivity contribution in [1.82, 2.24) is 9.97 Å². The summed E-state index contributed by atoms with van der Waals surface area (Å²) >= 11 is 0. The van der Waals surface area contributed by atoms with Gasteiger partial charge in [0.1, 0.15) is 5.82 Å². The molecule has 2 aromatic carbocycles. The van der Waals surface area contributed by atoms with Crippen molar-refractivity contribution in [1.29, 1.82) is 0 Å². The number of benzene rings is 2. The Balaban J connectivity index is 1.82. The Kier molecular flexibility index (Phi) is 7.33. The average molecular weight is 431 g/mol. The summed E-state index contributed by atoms with van der Waals surface area (Å²) < 4.78 is 13.7. The summed E-state index contributed by atoms with van der Waals surface area (Å²) in [4.78, 5) is 12.8. The molecule has 32 heavy (non-hydrogen) atoms. The van der Waals surface area contributed by atoms with E-state index >= 15 is 0 Å². The van der Waals surface area contributed by atoms with Crippen LogP contribution in [0, 0.1) is 12.7 Å². The fourth-order valence-corrected chi connectivity index (χ4v) is 3.26. The SMILES string of the molecule is C=N/C=C(\CCC)c1ccnc(Nc2cc(NC(=C)c3cc(C)cc(F)c3)ccc2N)n1. The van der Waals surface area contributed by atoms with Crippen LogP contribution in [0.1, 0.15) is 36.6 Å². The van der Waals surface area contributed by atoms with Gasteiger partial charge in [0.2, 0.25) is 5.95 Å². The summed E-state index contributed by atoms with van der Waals surface area (Å²) in [6.07, 6.45) is 5.19. The zero-order chi connectivity index (χ0) is 23.1. The van der Waals surface area contributed by atoms with Crippen molar-refractivity contribution in [2.75, 3.05) is 16.4 Å². The fourth-order valence-electron chi connectivity index (χ4n) is 3.26. The van der Waals surface area contributed by atoms with E-state index in [1.54, 1.807) is 18.5 Å². The Hall–Kier alpha value is -4.00. The lowest BCUT2D eigenvalue weighted by molar-refractivity contribution is 0.626. The molecular formula is C25H27FN6. The van der Waals surface area contributed by atoms with Crippen LogP contribution in [-0.2, 0) is 0 Å². The molecule has 4 N–H and O–H groups in total. The predicted octanol–water partition coefficient (Wildman–Crippen LogP) is 6.17. The summed E-state index contributed by atoms with van der Waals surface area (Å²) in [6, 6.07) is 12.0. The van der Waals surface area contributed by atoms with Gasteiger partial charge in [0.15, 0.2) is 0 Å². The first-order valence-electron chi connectivity index (χ1n) is 10.3. The van der Waals surface area contributed by atoms with Crippen molar-refractivity contribution in [2.24, 2.45) is 4.99 Å². The minimum atomic E-state index is -0.303. The van der Waals surface area contributed by atoms with E-state index in [1.807, 2.05) is 31.2 Å². The van der Waals surface area contributed by atoms with E-state index in [9.17, 15) is 4.39 Å². The van der Waals surface area contributed by atoms with E-state index in [1.165, 1.54) is 12.1 Å². The first-order chi connectivity index (χ1) is 15.4. The lowest BCUT2D eigenvalue weighted by Gasteiger charge is -2.14. The Labute approximate surface area is 187 Å². The number of aliphatic imine (C=N–C) groups is 1. The van der Waals surface area contributed by atoms with Gasteiger partial charge in [-0.2, -0.15) is 0 Å². The quantitative estimate of drug-likeness (QED) is 0.279. The molecule has 0 spiro atoms. The van der Waals surface area contributed by atoms with E-state index in [4.69, 9.17) is 5.73 Å². The second-order valence-corrected chi connectivity index (χ2v) is 7.40. The smallest absolute Gasteiger partial charge is 0.227 e. The molecule has 0 fully saturated rings. The van der Waals surface area contributed by atoms with Gasteiger partial charge in [-0.05, 0) is 73.7 Å². The molecule has 1 heterocycles. The summed E-state index contributed by atoms with van der Waals surface area (Å²) in [6.45, 7) is 11.5. The molecule has 0 saturated carbocycles. The van der Waals surface area contributed by atoms with E-state index < -0.39 is 0 Å². The average Bonchev–Trinajstić information content (AvgIpc) is 2.75. The summed E-state index contributed by atoms with van der Waals surface area (Å²) in [5.41, 5.74) is 11.9. The predicted molar refractivity (Wildman–Crippen MR) is 132 cm³/mol. The number of hydrogen-bond donors (Lipinski definition) is 3. The molecule has 0 atom stereocenters. The number of anilines is 4. The highest BCUT2D eigenvalue weighted by Crippen LogP contribution is 2.28. The van der Waals surface area contributed by atoms with Gasteiger partial charge in [-0.15, -0.1) is 0 Å². The van der Waals surface area contributed by atoms with E-state index in [2.05, 4.69) is 45.8 Å². The van der Waals surface area contributed by atoms with Gasteiger partial charge in [0, 0.05) is 29.3 Å². The molecule has 3 rings (SSSR count). The van der Waals surface area contributed by atoms with Crippen LogP contribution in [-0.4, -0.2) is 16.7 Å². The standard InChI is InChI=1S/C25H27FN6/c1-5-6-18(15-28-4)23-9-10-29-25(31-23)32-24-14-21(7-8-22(24)27)30-17(3)19-11-16(2)12-20(26)13-19/h7-15,30H,3-6,27H2,1-2H3,(H,29,31,32)/b18-15+. The molecule has 0 unspecified atom stereocenters. The van der Waals surface area contributed by atoms with Gasteiger partial charge in [-0.1, -0.05) is 19.9 Å². The second-order valence-electron chi connectivity index (χ2n) is 7.40. The molecule has 0 saturated heterocycles. The molecule has 164 valence electrons. The molecule has 3 aromatic rings. The van der Waals surface area contributed by atoms with Gasteiger partial charge in [0.05, 0.1) is 17.1 Å². The zero-order valence-electron chi connectivity index (χ0n) is 18.3. The maximum absolute atomic E-state index is 13.7. The first kappa shape index (κ1) is 22.7. The van der Waals surface area contributed by atoms with Gasteiger partial charge in [-0.25, -0.2) is 14.4 Å². The lowest BCUT2D eigenvalue weighted by atomic mass is 10.1. The minimum absolute atomic E-state index is 0.303. The van der Waals surface area contributed by atoms with Crippen LogP contribution in [0.25, 0.3) is 11.3 Å². The Morgan fingerprint density at radius 1 is 1.22 bits per heavy atom. The Morgan fingerprint density at radius 3 is 2.75 bits per heavy atom. The third kappa shape index (κ3) is 5.78. The van der Waals surface area contributed by atoms with Crippen LogP contribution in [0.4, 0.5) is 27.4 Å². The summed E-state index contributed by atoms with van der Waals surface area (Å²) in [7, 11) is 0. The van der Waals surface area contributed by atoms with Crippen molar-refractivity contribution in [2.45, 2.75) is 26.7 Å². The number of aromatic nitrogens is 2. The highest BCUT2D eigenvalue weighted by Gasteiger charge is 2.09. The summed E-state index contributed by atoms with van der Waals surface area (Å²) in [5.74, 6) is 0.111. The molecular weight excluding hydrogens is 403 g/mol. The number of aryl methyl sites for hydroxylation is 1. The summed E-state index contributed by atoms with van der Waals surface area (Å²) in [5, 5.41) is 6.38. The number of rotatable bonds is 9. The minimum Gasteiger partial charge on any atom is -0.397 e. The number of nitrogens with one attached hydrogen (secondary N) is 2. The van der Waals surface area contributed by atoms with Crippen LogP contribution >= 0.6 is 0 Å². The number of hydrogen-bond acceptors (Lipinski definition) is 6. The molecule has 0 bridgehead atoms. The van der Waals surface area contributed by atoms with Crippen LogP contribution in [0.3, 0.4) is 0 Å². The van der Waals surface area contributed by atoms with Crippen LogP contribution in [0.5, 0.6) is 0 Å². The molecule has 0 aliphatic rings. The largest absolute Gasteiger partial charge is 0.397 e. The number of nitrogens with zero attached hydrogens (tertiary/aromatic N) is 3. The van der Waals surface area contributed by atoms with Crippen molar-refractivity contribution in [3.8, 4) is 0 Å². The number of allylic oxidation sites excluding steroid dienone is 1. The molecule has 0 aliphatic heterocycles. The molecule has 1 aromatic heterocycles. The Bertz CT molecular complexity index is 1150. The number of nitrogen functional groups attached to an aromatic ring is 1. The third-order valence-electron chi connectivity index (χ3n) is 4.74.